The minimum Gasteiger partial charge on any atom is -0.481 e. The number of hydrogen-bond donors (Lipinski definition) is 0. The van der Waals surface area contributed by atoms with Crippen LogP contribution in [0.2, 0.25) is 0 Å². The van der Waals surface area contributed by atoms with Gasteiger partial charge in [0.05, 0.1) is 12.0 Å². The maximum absolute atomic E-state index is 12.3. The highest BCUT2D eigenvalue weighted by atomic mass is 19.4. The minimum absolute atomic E-state index is 0.0946. The highest BCUT2D eigenvalue weighted by molar-refractivity contribution is 5.54. The summed E-state index contributed by atoms with van der Waals surface area (Å²) in [5.41, 5.74) is -1.02. The Morgan fingerprint density at radius 1 is 1.47 bits per heavy atom. The van der Waals surface area contributed by atoms with Crippen LogP contribution in [-0.4, -0.2) is 17.0 Å². The molecule has 0 spiro atoms. The molecule has 8 heteroatoms. The van der Waals surface area contributed by atoms with E-state index in [1.807, 2.05) is 0 Å². The van der Waals surface area contributed by atoms with E-state index in [1.54, 1.807) is 0 Å². The average molecular weight is 248 g/mol. The third kappa shape index (κ3) is 3.44. The van der Waals surface area contributed by atoms with Crippen LogP contribution in [0.15, 0.2) is 18.3 Å². The number of halogens is 3. The van der Waals surface area contributed by atoms with Crippen LogP contribution in [0, 0.1) is 10.1 Å². The van der Waals surface area contributed by atoms with Crippen molar-refractivity contribution in [2.45, 2.75) is 6.18 Å². The van der Waals surface area contributed by atoms with Gasteiger partial charge < -0.3 is 4.74 Å². The Bertz CT molecular complexity index is 457. The molecule has 0 aromatic carbocycles. The first kappa shape index (κ1) is 12.9. The van der Waals surface area contributed by atoms with Gasteiger partial charge in [-0.25, -0.2) is 4.98 Å². The molecule has 0 N–H and O–H groups in total. The molecule has 0 saturated carbocycles. The van der Waals surface area contributed by atoms with Gasteiger partial charge in [0.25, 0.3) is 0 Å². The highest BCUT2D eigenvalue weighted by Crippen LogP contribution is 2.30. The zero-order valence-electron chi connectivity index (χ0n) is 8.56. The van der Waals surface area contributed by atoms with E-state index in [0.29, 0.717) is 6.20 Å². The summed E-state index contributed by atoms with van der Waals surface area (Å²) in [6, 6.07) is 1.77. The Balaban J connectivity index is 3.14. The molecule has 0 radical (unpaired) electrons. The number of ether oxygens (including phenoxy) is 1. The standard InChI is InChI=1S/C9H7F3N2O3/c1-17-8-6(4-5-14(15)16)2-3-7(13-8)9(10,11)12/h2-5H,1H3. The number of pyridine rings is 1. The summed E-state index contributed by atoms with van der Waals surface area (Å²) in [4.78, 5) is 12.6. The molecule has 0 atom stereocenters. The van der Waals surface area contributed by atoms with Crippen molar-refractivity contribution in [2.24, 2.45) is 0 Å². The van der Waals surface area contributed by atoms with E-state index in [2.05, 4.69) is 9.72 Å². The molecule has 1 aromatic heterocycles. The molecule has 0 unspecified atom stereocenters. The second kappa shape index (κ2) is 4.81. The van der Waals surface area contributed by atoms with Gasteiger partial charge in [-0.1, -0.05) is 0 Å². The second-order valence-corrected chi connectivity index (χ2v) is 2.89. The number of aromatic nitrogens is 1. The van der Waals surface area contributed by atoms with Crippen LogP contribution < -0.4 is 4.74 Å². The van der Waals surface area contributed by atoms with Crippen LogP contribution in [0.5, 0.6) is 5.88 Å². The van der Waals surface area contributed by atoms with Gasteiger partial charge in [-0.2, -0.15) is 13.2 Å². The predicted octanol–water partition coefficient (Wildman–Crippen LogP) is 2.36. The van der Waals surface area contributed by atoms with Crippen molar-refractivity contribution in [1.29, 1.82) is 0 Å². The Morgan fingerprint density at radius 3 is 2.59 bits per heavy atom. The number of nitro groups is 1. The molecule has 1 rings (SSSR count). The summed E-state index contributed by atoms with van der Waals surface area (Å²) in [6.45, 7) is 0. The van der Waals surface area contributed by atoms with Crippen LogP contribution in [0.1, 0.15) is 11.3 Å². The first-order chi connectivity index (χ1) is 7.84. The number of methoxy groups -OCH3 is 1. The lowest BCUT2D eigenvalue weighted by molar-refractivity contribution is -0.400. The van der Waals surface area contributed by atoms with E-state index in [9.17, 15) is 23.3 Å². The number of alkyl halides is 3. The molecule has 0 amide bonds. The molecule has 0 aliphatic heterocycles. The summed E-state index contributed by atoms with van der Waals surface area (Å²) in [6.07, 6.45) is -2.99. The monoisotopic (exact) mass is 248 g/mol. The zero-order chi connectivity index (χ0) is 13.1. The quantitative estimate of drug-likeness (QED) is 0.608. The fourth-order valence-electron chi connectivity index (χ4n) is 1.04. The van der Waals surface area contributed by atoms with E-state index >= 15 is 0 Å². The number of nitrogens with zero attached hydrogens (tertiary/aromatic N) is 2. The van der Waals surface area contributed by atoms with Crippen molar-refractivity contribution in [2.75, 3.05) is 7.11 Å². The fourth-order valence-corrected chi connectivity index (χ4v) is 1.04. The summed E-state index contributed by atoms with van der Waals surface area (Å²) < 4.78 is 41.5. The first-order valence-corrected chi connectivity index (χ1v) is 4.28. The lowest BCUT2D eigenvalue weighted by Gasteiger charge is -2.08. The Morgan fingerprint density at radius 2 is 2.12 bits per heavy atom. The molecule has 0 fully saturated rings. The van der Waals surface area contributed by atoms with Gasteiger partial charge in [0.15, 0.2) is 0 Å². The van der Waals surface area contributed by atoms with Gasteiger partial charge in [0, 0.05) is 11.6 Å². The molecule has 0 saturated heterocycles. The van der Waals surface area contributed by atoms with E-state index in [4.69, 9.17) is 0 Å². The van der Waals surface area contributed by atoms with Gasteiger partial charge >= 0.3 is 6.18 Å². The smallest absolute Gasteiger partial charge is 0.433 e. The summed E-state index contributed by atoms with van der Waals surface area (Å²) in [5, 5.41) is 10.1. The maximum Gasteiger partial charge on any atom is 0.433 e. The minimum atomic E-state index is -4.58. The van der Waals surface area contributed by atoms with Crippen LogP contribution >= 0.6 is 0 Å². The third-order valence-corrected chi connectivity index (χ3v) is 1.75. The lowest BCUT2D eigenvalue weighted by Crippen LogP contribution is -2.09. The van der Waals surface area contributed by atoms with Crippen molar-refractivity contribution in [3.05, 3.63) is 39.7 Å². The van der Waals surface area contributed by atoms with E-state index in [0.717, 1.165) is 25.3 Å². The molecular weight excluding hydrogens is 241 g/mol. The Hall–Kier alpha value is -2.12. The van der Waals surface area contributed by atoms with E-state index < -0.39 is 16.8 Å². The van der Waals surface area contributed by atoms with Crippen molar-refractivity contribution in [1.82, 2.24) is 4.98 Å². The van der Waals surface area contributed by atoms with Crippen molar-refractivity contribution in [3.63, 3.8) is 0 Å². The van der Waals surface area contributed by atoms with Crippen LogP contribution in [0.25, 0.3) is 6.08 Å². The lowest BCUT2D eigenvalue weighted by atomic mass is 10.2. The van der Waals surface area contributed by atoms with Gasteiger partial charge in [-0.3, -0.25) is 10.1 Å². The van der Waals surface area contributed by atoms with Crippen molar-refractivity contribution >= 4 is 6.08 Å². The van der Waals surface area contributed by atoms with Crippen molar-refractivity contribution in [3.8, 4) is 5.88 Å². The van der Waals surface area contributed by atoms with Gasteiger partial charge in [0.2, 0.25) is 12.1 Å². The summed E-state index contributed by atoms with van der Waals surface area (Å²) >= 11 is 0. The van der Waals surface area contributed by atoms with E-state index in [-0.39, 0.29) is 11.4 Å². The average Bonchev–Trinajstić information content (AvgIpc) is 2.24. The summed E-state index contributed by atoms with van der Waals surface area (Å²) in [5.74, 6) is -0.321. The summed E-state index contributed by atoms with van der Waals surface area (Å²) in [7, 11) is 1.13. The molecule has 17 heavy (non-hydrogen) atoms. The fraction of sp³-hybridized carbons (Fsp3) is 0.222. The van der Waals surface area contributed by atoms with Crippen LogP contribution in [-0.2, 0) is 6.18 Å². The zero-order valence-corrected chi connectivity index (χ0v) is 8.56. The number of rotatable bonds is 3. The molecular formula is C9H7F3N2O3. The van der Waals surface area contributed by atoms with Gasteiger partial charge in [-0.05, 0) is 12.1 Å². The molecule has 0 aliphatic carbocycles. The largest absolute Gasteiger partial charge is 0.481 e. The van der Waals surface area contributed by atoms with Gasteiger partial charge in [-0.15, -0.1) is 0 Å². The topological polar surface area (TPSA) is 65.3 Å². The highest BCUT2D eigenvalue weighted by Gasteiger charge is 2.33. The van der Waals surface area contributed by atoms with E-state index in [1.165, 1.54) is 0 Å². The Kier molecular flexibility index (Phi) is 3.66. The molecule has 1 heterocycles. The normalized spacial score (nSPS) is 11.8. The molecule has 5 nitrogen and oxygen atoms in total. The third-order valence-electron chi connectivity index (χ3n) is 1.75. The maximum atomic E-state index is 12.3. The van der Waals surface area contributed by atoms with Crippen LogP contribution in [0.3, 0.4) is 0 Å². The molecule has 0 aliphatic rings. The SMILES string of the molecule is COc1nc(C(F)(F)F)ccc1C=C[N+](=O)[O-]. The first-order valence-electron chi connectivity index (χ1n) is 4.28. The molecule has 92 valence electrons. The molecule has 0 bridgehead atoms. The van der Waals surface area contributed by atoms with Crippen molar-refractivity contribution < 1.29 is 22.8 Å². The second-order valence-electron chi connectivity index (χ2n) is 2.89. The van der Waals surface area contributed by atoms with Gasteiger partial charge in [0.1, 0.15) is 5.69 Å². The van der Waals surface area contributed by atoms with Crippen LogP contribution in [0.4, 0.5) is 13.2 Å². The predicted molar refractivity (Wildman–Crippen MR) is 51.8 cm³/mol. The molecule has 1 aromatic rings. The Labute approximate surface area is 93.7 Å². The number of hydrogen-bond acceptors (Lipinski definition) is 4.